The van der Waals surface area contributed by atoms with Gasteiger partial charge in [-0.05, 0) is 69.3 Å². The Kier molecular flexibility index (Phi) is 8.87. The number of aliphatic hydroxyl groups excluding tert-OH is 1. The molecule has 4 atom stereocenters. The molecule has 2 saturated heterocycles. The smallest absolute Gasteiger partial charge is 0.263 e. The maximum absolute atomic E-state index is 13.9. The van der Waals surface area contributed by atoms with E-state index in [1.807, 2.05) is 42.6 Å². The SMILES string of the molecule is Cc1csc([C@H]2CCCN2C(=O)c2cc(C(=O)N[C@@H](Cc3ccccc3)[C@@H](O)[C@H]3CCCN3)cc(C(F)F)c2)n1. The van der Waals surface area contributed by atoms with Crippen molar-refractivity contribution >= 4 is 23.2 Å². The van der Waals surface area contributed by atoms with Crippen LogP contribution >= 0.6 is 11.3 Å². The van der Waals surface area contributed by atoms with Crippen LogP contribution in [0.25, 0.3) is 0 Å². The Hall–Kier alpha value is -3.21. The van der Waals surface area contributed by atoms with Crippen LogP contribution in [0.1, 0.15) is 80.7 Å². The van der Waals surface area contributed by atoms with E-state index in [1.54, 1.807) is 4.90 Å². The number of carbonyl (C=O) groups is 2. The maximum Gasteiger partial charge on any atom is 0.263 e. The molecule has 2 aliphatic rings. The van der Waals surface area contributed by atoms with Crippen molar-refractivity contribution < 1.29 is 23.5 Å². The second-order valence-corrected chi connectivity index (χ2v) is 11.5. The van der Waals surface area contributed by atoms with Crippen LogP contribution in [0.4, 0.5) is 8.78 Å². The lowest BCUT2D eigenvalue weighted by Crippen LogP contribution is -2.52. The van der Waals surface area contributed by atoms with Gasteiger partial charge in [0.25, 0.3) is 18.2 Å². The van der Waals surface area contributed by atoms with Crippen molar-refractivity contribution in [2.75, 3.05) is 13.1 Å². The monoisotopic (exact) mass is 568 g/mol. The summed E-state index contributed by atoms with van der Waals surface area (Å²) in [4.78, 5) is 33.3. The summed E-state index contributed by atoms with van der Waals surface area (Å²) in [5, 5.41) is 20.1. The van der Waals surface area contributed by atoms with E-state index < -0.39 is 35.9 Å². The van der Waals surface area contributed by atoms with Crippen molar-refractivity contribution in [2.45, 2.75) is 69.7 Å². The molecule has 212 valence electrons. The molecule has 5 rings (SSSR count). The molecule has 10 heteroatoms. The summed E-state index contributed by atoms with van der Waals surface area (Å²) in [5.74, 6) is -1.01. The molecule has 3 heterocycles. The molecule has 0 bridgehead atoms. The second-order valence-electron chi connectivity index (χ2n) is 10.6. The van der Waals surface area contributed by atoms with E-state index in [0.29, 0.717) is 13.0 Å². The fraction of sp³-hybridized carbons (Fsp3) is 0.433. The van der Waals surface area contributed by atoms with Crippen molar-refractivity contribution in [3.63, 3.8) is 0 Å². The van der Waals surface area contributed by atoms with Crippen LogP contribution < -0.4 is 10.6 Å². The molecule has 0 spiro atoms. The average molecular weight is 569 g/mol. The average Bonchev–Trinajstić information content (AvgIpc) is 3.74. The third-order valence-electron chi connectivity index (χ3n) is 7.69. The number of aliphatic hydroxyl groups is 1. The molecule has 3 aromatic rings. The van der Waals surface area contributed by atoms with Crippen molar-refractivity contribution in [2.24, 2.45) is 0 Å². The van der Waals surface area contributed by atoms with Crippen molar-refractivity contribution in [1.29, 1.82) is 0 Å². The third kappa shape index (κ3) is 6.40. The van der Waals surface area contributed by atoms with E-state index in [4.69, 9.17) is 0 Å². The summed E-state index contributed by atoms with van der Waals surface area (Å²) in [6.07, 6.45) is -0.137. The highest BCUT2D eigenvalue weighted by Gasteiger charge is 2.34. The maximum atomic E-state index is 13.9. The summed E-state index contributed by atoms with van der Waals surface area (Å²) in [7, 11) is 0. The van der Waals surface area contributed by atoms with Crippen molar-refractivity contribution in [1.82, 2.24) is 20.5 Å². The molecule has 2 fully saturated rings. The minimum absolute atomic E-state index is 0.0355. The number of aromatic nitrogens is 1. The number of carbonyl (C=O) groups excluding carboxylic acids is 2. The topological polar surface area (TPSA) is 94.6 Å². The van der Waals surface area contributed by atoms with Gasteiger partial charge in [-0.15, -0.1) is 11.3 Å². The molecule has 2 amide bonds. The molecule has 0 saturated carbocycles. The number of thiazole rings is 1. The van der Waals surface area contributed by atoms with Crippen LogP contribution in [0.2, 0.25) is 0 Å². The number of nitrogens with one attached hydrogen (secondary N) is 2. The second kappa shape index (κ2) is 12.5. The van der Waals surface area contributed by atoms with Gasteiger partial charge in [0.15, 0.2) is 0 Å². The van der Waals surface area contributed by atoms with Gasteiger partial charge in [-0.3, -0.25) is 9.59 Å². The fourth-order valence-electron chi connectivity index (χ4n) is 5.65. The predicted molar refractivity (Wildman–Crippen MR) is 150 cm³/mol. The number of aryl methyl sites for hydroxylation is 1. The van der Waals surface area contributed by atoms with E-state index in [-0.39, 0.29) is 23.2 Å². The summed E-state index contributed by atoms with van der Waals surface area (Å²) >= 11 is 1.48. The van der Waals surface area contributed by atoms with Gasteiger partial charge in [-0.1, -0.05) is 30.3 Å². The van der Waals surface area contributed by atoms with Gasteiger partial charge < -0.3 is 20.6 Å². The lowest BCUT2D eigenvalue weighted by Gasteiger charge is -2.29. The Bertz CT molecular complexity index is 1330. The van der Waals surface area contributed by atoms with Crippen LogP contribution in [0.15, 0.2) is 53.9 Å². The molecule has 3 N–H and O–H groups in total. The molecule has 0 unspecified atom stereocenters. The zero-order chi connectivity index (χ0) is 28.2. The first-order valence-corrected chi connectivity index (χ1v) is 14.6. The van der Waals surface area contributed by atoms with E-state index in [9.17, 15) is 23.5 Å². The van der Waals surface area contributed by atoms with Gasteiger partial charge in [0.05, 0.1) is 18.2 Å². The number of benzene rings is 2. The molecule has 2 aromatic carbocycles. The van der Waals surface area contributed by atoms with E-state index in [1.165, 1.54) is 23.5 Å². The summed E-state index contributed by atoms with van der Waals surface area (Å²) in [6.45, 7) is 3.17. The molecular weight excluding hydrogens is 534 g/mol. The Morgan fingerprint density at radius 3 is 2.60 bits per heavy atom. The minimum atomic E-state index is -2.86. The summed E-state index contributed by atoms with van der Waals surface area (Å²) in [5.41, 5.74) is 1.42. The Morgan fingerprint density at radius 1 is 1.15 bits per heavy atom. The molecule has 40 heavy (non-hydrogen) atoms. The highest BCUT2D eigenvalue weighted by molar-refractivity contribution is 7.09. The zero-order valence-corrected chi connectivity index (χ0v) is 23.2. The van der Waals surface area contributed by atoms with E-state index in [2.05, 4.69) is 15.6 Å². The van der Waals surface area contributed by atoms with E-state index in [0.717, 1.165) is 54.6 Å². The zero-order valence-electron chi connectivity index (χ0n) is 22.4. The first kappa shape index (κ1) is 28.3. The standard InChI is InChI=1S/C30H34F2N4O3S/c1-18-17-40-29(34-18)25-10-6-12-36(25)30(39)22-15-20(27(31)32)14-21(16-22)28(38)35-24(13-19-7-3-2-4-8-19)26(37)23-9-5-11-33-23/h2-4,7-8,14-17,23-27,33,37H,5-6,9-13H2,1H3,(H,35,38)/t23-,24+,25-,26+/m1/s1. The fourth-order valence-corrected chi connectivity index (χ4v) is 6.59. The normalized spacial score (nSPS) is 20.6. The van der Waals surface area contributed by atoms with Crippen LogP contribution in [0.3, 0.4) is 0 Å². The van der Waals surface area contributed by atoms with Gasteiger partial charge in [-0.25, -0.2) is 13.8 Å². The molecule has 1 aromatic heterocycles. The lowest BCUT2D eigenvalue weighted by atomic mass is 9.95. The number of hydrogen-bond acceptors (Lipinski definition) is 6. The molecular formula is C30H34F2N4O3S. The highest BCUT2D eigenvalue weighted by atomic mass is 32.1. The molecule has 0 radical (unpaired) electrons. The number of halogens is 2. The Morgan fingerprint density at radius 2 is 1.93 bits per heavy atom. The summed E-state index contributed by atoms with van der Waals surface area (Å²) < 4.78 is 27.9. The number of nitrogens with zero attached hydrogens (tertiary/aromatic N) is 2. The first-order valence-electron chi connectivity index (χ1n) is 13.7. The highest BCUT2D eigenvalue weighted by Crippen LogP contribution is 2.35. The van der Waals surface area contributed by atoms with Crippen LogP contribution in [-0.4, -0.2) is 58.1 Å². The predicted octanol–water partition coefficient (Wildman–Crippen LogP) is 4.82. The van der Waals surface area contributed by atoms with Gasteiger partial charge in [-0.2, -0.15) is 0 Å². The van der Waals surface area contributed by atoms with Crippen molar-refractivity contribution in [3.05, 3.63) is 86.9 Å². The number of alkyl halides is 2. The van der Waals surface area contributed by atoms with Crippen LogP contribution in [0.5, 0.6) is 0 Å². The van der Waals surface area contributed by atoms with Crippen LogP contribution in [-0.2, 0) is 6.42 Å². The molecule has 0 aliphatic carbocycles. The summed E-state index contributed by atoms with van der Waals surface area (Å²) in [6, 6.07) is 12.1. The quantitative estimate of drug-likeness (QED) is 0.344. The Labute approximate surface area is 236 Å². The van der Waals surface area contributed by atoms with Crippen LogP contribution in [0, 0.1) is 6.92 Å². The number of amides is 2. The Balaban J connectivity index is 1.41. The first-order chi connectivity index (χ1) is 19.3. The largest absolute Gasteiger partial charge is 0.389 e. The minimum Gasteiger partial charge on any atom is -0.389 e. The van der Waals surface area contributed by atoms with Crippen molar-refractivity contribution in [3.8, 4) is 0 Å². The van der Waals surface area contributed by atoms with Gasteiger partial charge in [0.1, 0.15) is 5.01 Å². The lowest BCUT2D eigenvalue weighted by molar-refractivity contribution is 0.0732. The van der Waals surface area contributed by atoms with Gasteiger partial charge in [0.2, 0.25) is 0 Å². The third-order valence-corrected chi connectivity index (χ3v) is 8.75. The molecule has 2 aliphatic heterocycles. The number of hydrogen-bond donors (Lipinski definition) is 3. The number of rotatable bonds is 9. The van der Waals surface area contributed by atoms with Gasteiger partial charge in [0, 0.05) is 40.4 Å². The van der Waals surface area contributed by atoms with E-state index >= 15 is 0 Å². The number of likely N-dealkylation sites (tertiary alicyclic amines) is 1. The van der Waals surface area contributed by atoms with Gasteiger partial charge >= 0.3 is 0 Å². The molecule has 7 nitrogen and oxygen atoms in total.